The van der Waals surface area contributed by atoms with Gasteiger partial charge in [0.1, 0.15) is 5.82 Å². The molecule has 6 heteroatoms. The van der Waals surface area contributed by atoms with Gasteiger partial charge in [-0.15, -0.1) is 0 Å². The Morgan fingerprint density at radius 1 is 1.10 bits per heavy atom. The Kier molecular flexibility index (Phi) is 2.90. The fraction of sp³-hybridized carbons (Fsp3) is 0.0667. The number of amides is 1. The molecule has 21 heavy (non-hydrogen) atoms. The van der Waals surface area contributed by atoms with Crippen LogP contribution in [0.5, 0.6) is 0 Å². The Morgan fingerprint density at radius 3 is 2.67 bits per heavy atom. The van der Waals surface area contributed by atoms with E-state index in [0.29, 0.717) is 10.8 Å². The molecule has 0 atom stereocenters. The minimum atomic E-state index is -0.0204. The third-order valence-corrected chi connectivity index (χ3v) is 4.45. The Bertz CT molecular complexity index is 844. The van der Waals surface area contributed by atoms with Gasteiger partial charge in [-0.1, -0.05) is 35.5 Å². The summed E-state index contributed by atoms with van der Waals surface area (Å²) in [5.41, 5.74) is 2.60. The number of anilines is 1. The Balaban J connectivity index is 1.96. The summed E-state index contributed by atoms with van der Waals surface area (Å²) in [6.45, 7) is 0. The zero-order valence-corrected chi connectivity index (χ0v) is 12.4. The molecule has 1 aliphatic rings. The number of aromatic nitrogens is 2. The second-order valence-corrected chi connectivity index (χ2v) is 6.03. The van der Waals surface area contributed by atoms with Crippen molar-refractivity contribution in [2.24, 2.45) is 0 Å². The summed E-state index contributed by atoms with van der Waals surface area (Å²) >= 11 is 7.19. The van der Waals surface area contributed by atoms with Crippen LogP contribution in [0.3, 0.4) is 0 Å². The fourth-order valence-electron chi connectivity index (χ4n) is 2.45. The molecule has 0 radical (unpaired) electrons. The van der Waals surface area contributed by atoms with Crippen molar-refractivity contribution in [2.75, 3.05) is 5.01 Å². The van der Waals surface area contributed by atoms with Crippen LogP contribution in [-0.2, 0) is 5.75 Å². The zero-order chi connectivity index (χ0) is 14.4. The first-order valence-electron chi connectivity index (χ1n) is 6.43. The highest BCUT2D eigenvalue weighted by atomic mass is 35.5. The molecule has 2 heterocycles. The van der Waals surface area contributed by atoms with Crippen LogP contribution in [0.2, 0.25) is 5.02 Å². The number of imidazole rings is 1. The van der Waals surface area contributed by atoms with Gasteiger partial charge in [-0.05, 0) is 36.4 Å². The maximum Gasteiger partial charge on any atom is 0.305 e. The van der Waals surface area contributed by atoms with E-state index in [1.807, 2.05) is 41.1 Å². The number of carbonyl (C=O) groups is 1. The van der Waals surface area contributed by atoms with Crippen LogP contribution >= 0.6 is 23.4 Å². The molecular formula is C15H10ClN3OS. The maximum atomic E-state index is 12.4. The number of hydrogen-bond donors (Lipinski definition) is 0. The lowest BCUT2D eigenvalue weighted by Gasteiger charge is -2.28. The van der Waals surface area contributed by atoms with Gasteiger partial charge in [0.25, 0.3) is 0 Å². The predicted molar refractivity (Wildman–Crippen MR) is 85.8 cm³/mol. The monoisotopic (exact) mass is 315 g/mol. The number of para-hydroxylation sites is 2. The second kappa shape index (κ2) is 4.79. The Labute approximate surface area is 130 Å². The van der Waals surface area contributed by atoms with Gasteiger partial charge in [0.15, 0.2) is 0 Å². The number of nitrogens with zero attached hydrogens (tertiary/aromatic N) is 3. The Hall–Kier alpha value is -1.98. The van der Waals surface area contributed by atoms with Crippen molar-refractivity contribution in [2.45, 2.75) is 5.75 Å². The van der Waals surface area contributed by atoms with Crippen LogP contribution in [-0.4, -0.2) is 14.9 Å². The van der Waals surface area contributed by atoms with Crippen molar-refractivity contribution < 1.29 is 4.79 Å². The summed E-state index contributed by atoms with van der Waals surface area (Å²) in [6, 6.07) is 15.1. The van der Waals surface area contributed by atoms with Crippen molar-refractivity contribution in [1.82, 2.24) is 9.66 Å². The highest BCUT2D eigenvalue weighted by molar-refractivity contribution is 8.13. The number of halogens is 1. The molecule has 0 aliphatic carbocycles. The van der Waals surface area contributed by atoms with E-state index in [0.717, 1.165) is 22.5 Å². The molecule has 2 aromatic carbocycles. The summed E-state index contributed by atoms with van der Waals surface area (Å²) in [4.78, 5) is 17.0. The number of fused-ring (bicyclic) bond motifs is 3. The van der Waals surface area contributed by atoms with Crippen molar-refractivity contribution in [3.63, 3.8) is 0 Å². The standard InChI is InChI=1S/C15H10ClN3OS/c16-10-5-7-11(8-6-10)18-15(20)21-9-14-17-12-3-1-2-4-13(12)19(14)18/h1-8H,9H2. The molecule has 1 aliphatic heterocycles. The van der Waals surface area contributed by atoms with Gasteiger partial charge < -0.3 is 0 Å². The summed E-state index contributed by atoms with van der Waals surface area (Å²) < 4.78 is 1.89. The molecule has 0 spiro atoms. The smallest absolute Gasteiger partial charge is 0.259 e. The van der Waals surface area contributed by atoms with Crippen molar-refractivity contribution in [3.8, 4) is 0 Å². The first-order chi connectivity index (χ1) is 10.2. The van der Waals surface area contributed by atoms with Gasteiger partial charge in [-0.25, -0.2) is 14.7 Å². The van der Waals surface area contributed by atoms with Crippen molar-refractivity contribution in [3.05, 3.63) is 59.4 Å². The molecule has 0 unspecified atom stereocenters. The van der Waals surface area contributed by atoms with E-state index in [1.165, 1.54) is 11.8 Å². The molecule has 0 N–H and O–H groups in total. The third kappa shape index (κ3) is 2.01. The lowest BCUT2D eigenvalue weighted by molar-refractivity contribution is 0.262. The topological polar surface area (TPSA) is 38.1 Å². The van der Waals surface area contributed by atoms with Crippen molar-refractivity contribution in [1.29, 1.82) is 0 Å². The maximum absolute atomic E-state index is 12.4. The number of hydrogen-bond acceptors (Lipinski definition) is 3. The molecule has 0 saturated heterocycles. The zero-order valence-electron chi connectivity index (χ0n) is 10.9. The summed E-state index contributed by atoms with van der Waals surface area (Å²) in [7, 11) is 0. The van der Waals surface area contributed by atoms with Crippen LogP contribution in [0.15, 0.2) is 48.5 Å². The summed E-state index contributed by atoms with van der Waals surface area (Å²) in [6.07, 6.45) is 0. The highest BCUT2D eigenvalue weighted by Crippen LogP contribution is 2.32. The molecule has 4 rings (SSSR count). The molecule has 0 saturated carbocycles. The molecule has 1 aromatic heterocycles. The first-order valence-corrected chi connectivity index (χ1v) is 7.79. The van der Waals surface area contributed by atoms with E-state index in [1.54, 1.807) is 17.1 Å². The van der Waals surface area contributed by atoms with Gasteiger partial charge in [0.2, 0.25) is 0 Å². The summed E-state index contributed by atoms with van der Waals surface area (Å²) in [5.74, 6) is 1.45. The lowest BCUT2D eigenvalue weighted by atomic mass is 10.3. The predicted octanol–water partition coefficient (Wildman–Crippen LogP) is 4.33. The largest absolute Gasteiger partial charge is 0.305 e. The molecule has 3 aromatic rings. The average Bonchev–Trinajstić information content (AvgIpc) is 2.87. The van der Waals surface area contributed by atoms with Crippen LogP contribution < -0.4 is 5.01 Å². The van der Waals surface area contributed by atoms with Crippen LogP contribution in [0.1, 0.15) is 5.82 Å². The SMILES string of the molecule is O=C1SCc2nc3ccccc3n2N1c1ccc(Cl)cc1. The third-order valence-electron chi connectivity index (χ3n) is 3.37. The van der Waals surface area contributed by atoms with Gasteiger partial charge in [0, 0.05) is 5.02 Å². The second-order valence-electron chi connectivity index (χ2n) is 4.67. The van der Waals surface area contributed by atoms with E-state index >= 15 is 0 Å². The normalized spacial score (nSPS) is 14.5. The van der Waals surface area contributed by atoms with E-state index in [-0.39, 0.29) is 5.24 Å². The first kappa shape index (κ1) is 12.7. The fourth-order valence-corrected chi connectivity index (χ4v) is 3.33. The average molecular weight is 316 g/mol. The molecule has 1 amide bonds. The van der Waals surface area contributed by atoms with Gasteiger partial charge in [0.05, 0.1) is 22.5 Å². The van der Waals surface area contributed by atoms with E-state index < -0.39 is 0 Å². The quantitative estimate of drug-likeness (QED) is 0.671. The Morgan fingerprint density at radius 2 is 1.86 bits per heavy atom. The molecule has 0 bridgehead atoms. The van der Waals surface area contributed by atoms with E-state index in [4.69, 9.17) is 11.6 Å². The van der Waals surface area contributed by atoms with E-state index in [9.17, 15) is 4.79 Å². The molecular weight excluding hydrogens is 306 g/mol. The summed E-state index contributed by atoms with van der Waals surface area (Å²) in [5, 5.41) is 2.27. The van der Waals surface area contributed by atoms with Crippen LogP contribution in [0, 0.1) is 0 Å². The minimum Gasteiger partial charge on any atom is -0.259 e. The van der Waals surface area contributed by atoms with Gasteiger partial charge in [-0.3, -0.25) is 4.79 Å². The van der Waals surface area contributed by atoms with Crippen molar-refractivity contribution >= 4 is 45.3 Å². The number of thioether (sulfide) groups is 1. The van der Waals surface area contributed by atoms with Crippen LogP contribution in [0.25, 0.3) is 11.0 Å². The number of benzene rings is 2. The lowest BCUT2D eigenvalue weighted by Crippen LogP contribution is -2.37. The minimum absolute atomic E-state index is 0.0204. The van der Waals surface area contributed by atoms with Gasteiger partial charge in [-0.2, -0.15) is 0 Å². The number of rotatable bonds is 1. The van der Waals surface area contributed by atoms with E-state index in [2.05, 4.69) is 4.98 Å². The number of carbonyl (C=O) groups excluding carboxylic acids is 1. The van der Waals surface area contributed by atoms with Crippen LogP contribution in [0.4, 0.5) is 10.5 Å². The highest BCUT2D eigenvalue weighted by Gasteiger charge is 2.28. The molecule has 0 fully saturated rings. The van der Waals surface area contributed by atoms with Gasteiger partial charge >= 0.3 is 5.24 Å². The molecule has 104 valence electrons. The molecule has 4 nitrogen and oxygen atoms in total.